The smallest absolute Gasteiger partial charge is 0.242 e. The molecule has 5 heteroatoms. The molecule has 0 aromatic carbocycles. The number of hydrogen-bond acceptors (Lipinski definition) is 4. The van der Waals surface area contributed by atoms with Crippen LogP contribution in [0, 0.1) is 0 Å². The molecule has 2 aliphatic heterocycles. The summed E-state index contributed by atoms with van der Waals surface area (Å²) in [5, 5.41) is 0. The number of rotatable bonds is 4. The van der Waals surface area contributed by atoms with Crippen molar-refractivity contribution >= 4 is 5.91 Å². The third-order valence-electron chi connectivity index (χ3n) is 4.74. The van der Waals surface area contributed by atoms with Gasteiger partial charge in [0.1, 0.15) is 0 Å². The van der Waals surface area contributed by atoms with Gasteiger partial charge in [-0.2, -0.15) is 0 Å². The van der Waals surface area contributed by atoms with Crippen molar-refractivity contribution in [3.8, 4) is 0 Å². The molecule has 0 bridgehead atoms. The van der Waals surface area contributed by atoms with Gasteiger partial charge in [-0.05, 0) is 44.9 Å². The molecule has 0 aromatic heterocycles. The first-order valence-corrected chi connectivity index (χ1v) is 7.99. The van der Waals surface area contributed by atoms with Crippen molar-refractivity contribution in [2.24, 2.45) is 5.73 Å². The van der Waals surface area contributed by atoms with E-state index >= 15 is 0 Å². The fourth-order valence-corrected chi connectivity index (χ4v) is 3.07. The van der Waals surface area contributed by atoms with Crippen LogP contribution in [0.25, 0.3) is 0 Å². The highest BCUT2D eigenvalue weighted by atomic mass is 16.5. The largest absolute Gasteiger partial charge is 0.376 e. The molecule has 1 unspecified atom stereocenters. The van der Waals surface area contributed by atoms with Crippen LogP contribution in [0.3, 0.4) is 0 Å². The summed E-state index contributed by atoms with van der Waals surface area (Å²) < 4.78 is 11.6. The Kier molecular flexibility index (Phi) is 4.29. The van der Waals surface area contributed by atoms with E-state index in [0.29, 0.717) is 6.61 Å². The molecule has 1 aliphatic carbocycles. The number of likely N-dealkylation sites (tertiary alicyclic amines) is 1. The fraction of sp³-hybridized carbons (Fsp3) is 0.933. The van der Waals surface area contributed by atoms with E-state index < -0.39 is 5.54 Å². The van der Waals surface area contributed by atoms with Crippen molar-refractivity contribution in [2.45, 2.75) is 62.7 Å². The van der Waals surface area contributed by atoms with Gasteiger partial charge in [0.2, 0.25) is 5.91 Å². The highest BCUT2D eigenvalue weighted by molar-refractivity contribution is 5.89. The Labute approximate surface area is 120 Å². The molecule has 2 N–H and O–H groups in total. The van der Waals surface area contributed by atoms with Crippen LogP contribution in [0.15, 0.2) is 0 Å². The molecule has 1 amide bonds. The van der Waals surface area contributed by atoms with Crippen molar-refractivity contribution in [3.63, 3.8) is 0 Å². The summed E-state index contributed by atoms with van der Waals surface area (Å²) in [6.07, 6.45) is 7.65. The summed E-state index contributed by atoms with van der Waals surface area (Å²) in [5.41, 5.74) is 5.45. The van der Waals surface area contributed by atoms with Gasteiger partial charge in [-0.3, -0.25) is 4.79 Å². The Balaban J connectivity index is 1.36. The second-order valence-electron chi connectivity index (χ2n) is 6.47. The van der Waals surface area contributed by atoms with E-state index in [1.165, 1.54) is 12.8 Å². The van der Waals surface area contributed by atoms with E-state index in [0.717, 1.165) is 51.8 Å². The van der Waals surface area contributed by atoms with Crippen LogP contribution in [-0.2, 0) is 14.3 Å². The summed E-state index contributed by atoms with van der Waals surface area (Å²) in [7, 11) is 0. The second kappa shape index (κ2) is 6.00. The minimum absolute atomic E-state index is 0.145. The van der Waals surface area contributed by atoms with Crippen molar-refractivity contribution in [3.05, 3.63) is 0 Å². The molecule has 2 heterocycles. The zero-order chi connectivity index (χ0) is 14.0. The number of nitrogens with two attached hydrogens (primary N) is 1. The average molecular weight is 282 g/mol. The molecular weight excluding hydrogens is 256 g/mol. The molecule has 0 radical (unpaired) electrons. The van der Waals surface area contributed by atoms with E-state index in [2.05, 4.69) is 0 Å². The highest BCUT2D eigenvalue weighted by Gasteiger charge is 2.48. The first kappa shape index (κ1) is 14.3. The number of carbonyl (C=O) groups is 1. The molecule has 0 spiro atoms. The highest BCUT2D eigenvalue weighted by Crippen LogP contribution is 2.35. The second-order valence-corrected chi connectivity index (χ2v) is 6.47. The summed E-state index contributed by atoms with van der Waals surface area (Å²) in [6.45, 7) is 3.15. The van der Waals surface area contributed by atoms with Gasteiger partial charge in [0, 0.05) is 19.7 Å². The summed E-state index contributed by atoms with van der Waals surface area (Å²) in [6, 6.07) is 0. The first-order chi connectivity index (χ1) is 9.67. The number of carbonyl (C=O) groups excluding carboxylic acids is 1. The lowest BCUT2D eigenvalue weighted by Crippen LogP contribution is -2.49. The van der Waals surface area contributed by atoms with Crippen LogP contribution in [0.1, 0.15) is 44.9 Å². The molecule has 5 nitrogen and oxygen atoms in total. The van der Waals surface area contributed by atoms with Crippen LogP contribution in [0.2, 0.25) is 0 Å². The maximum atomic E-state index is 12.1. The summed E-state index contributed by atoms with van der Waals surface area (Å²) in [5.74, 6) is 0.145. The van der Waals surface area contributed by atoms with Gasteiger partial charge in [-0.1, -0.05) is 0 Å². The van der Waals surface area contributed by atoms with E-state index in [1.54, 1.807) is 0 Å². The molecule has 3 rings (SSSR count). The number of hydrogen-bond donors (Lipinski definition) is 1. The summed E-state index contributed by atoms with van der Waals surface area (Å²) in [4.78, 5) is 14.1. The molecule has 114 valence electrons. The maximum absolute atomic E-state index is 12.1. The lowest BCUT2D eigenvalue weighted by Gasteiger charge is -2.34. The Morgan fingerprint density at radius 3 is 2.60 bits per heavy atom. The van der Waals surface area contributed by atoms with Crippen LogP contribution < -0.4 is 5.73 Å². The van der Waals surface area contributed by atoms with Gasteiger partial charge >= 0.3 is 0 Å². The average Bonchev–Trinajstić information content (AvgIpc) is 3.25. The molecule has 3 fully saturated rings. The molecule has 20 heavy (non-hydrogen) atoms. The Morgan fingerprint density at radius 1 is 1.25 bits per heavy atom. The van der Waals surface area contributed by atoms with Crippen molar-refractivity contribution in [1.82, 2.24) is 4.90 Å². The molecular formula is C15H26N2O3. The monoisotopic (exact) mass is 282 g/mol. The molecule has 0 aromatic rings. The fourth-order valence-electron chi connectivity index (χ4n) is 3.07. The van der Waals surface area contributed by atoms with E-state index in [9.17, 15) is 4.79 Å². The van der Waals surface area contributed by atoms with Gasteiger partial charge in [0.05, 0.1) is 24.4 Å². The normalized spacial score (nSPS) is 30.2. The third-order valence-corrected chi connectivity index (χ3v) is 4.74. The van der Waals surface area contributed by atoms with Crippen LogP contribution >= 0.6 is 0 Å². The SMILES string of the molecule is NC1(C(=O)N2CCC(OCC3CCCCO3)CC2)CC1. The molecule has 3 aliphatic rings. The predicted molar refractivity (Wildman–Crippen MR) is 75.3 cm³/mol. The number of piperidine rings is 1. The van der Waals surface area contributed by atoms with E-state index in [4.69, 9.17) is 15.2 Å². The lowest BCUT2D eigenvalue weighted by atomic mass is 10.1. The number of amides is 1. The van der Waals surface area contributed by atoms with Crippen molar-refractivity contribution in [2.75, 3.05) is 26.3 Å². The standard InChI is InChI=1S/C15H26N2O3/c16-15(6-7-15)14(18)17-8-4-12(5-9-17)20-11-13-3-1-2-10-19-13/h12-13H,1-11,16H2. The Hall–Kier alpha value is -0.650. The van der Waals surface area contributed by atoms with Crippen molar-refractivity contribution in [1.29, 1.82) is 0 Å². The van der Waals surface area contributed by atoms with Gasteiger partial charge in [0.15, 0.2) is 0 Å². The zero-order valence-electron chi connectivity index (χ0n) is 12.2. The van der Waals surface area contributed by atoms with Crippen molar-refractivity contribution < 1.29 is 14.3 Å². The predicted octanol–water partition coefficient (Wildman–Crippen LogP) is 1.05. The quantitative estimate of drug-likeness (QED) is 0.837. The van der Waals surface area contributed by atoms with E-state index in [-0.39, 0.29) is 18.1 Å². The summed E-state index contributed by atoms with van der Waals surface area (Å²) >= 11 is 0. The van der Waals surface area contributed by atoms with E-state index in [1.807, 2.05) is 4.90 Å². The number of ether oxygens (including phenoxy) is 2. The van der Waals surface area contributed by atoms with Gasteiger partial charge in [0.25, 0.3) is 0 Å². The molecule has 1 atom stereocenters. The lowest BCUT2D eigenvalue weighted by molar-refractivity contribution is -0.137. The minimum atomic E-state index is -0.524. The van der Waals surface area contributed by atoms with Gasteiger partial charge < -0.3 is 20.1 Å². The van der Waals surface area contributed by atoms with Gasteiger partial charge in [-0.25, -0.2) is 0 Å². The van der Waals surface area contributed by atoms with Gasteiger partial charge in [-0.15, -0.1) is 0 Å². The molecule has 1 saturated carbocycles. The van der Waals surface area contributed by atoms with Crippen LogP contribution in [0.4, 0.5) is 0 Å². The topological polar surface area (TPSA) is 64.8 Å². The third kappa shape index (κ3) is 3.32. The Morgan fingerprint density at radius 2 is 2.00 bits per heavy atom. The van der Waals surface area contributed by atoms with Crippen LogP contribution in [0.5, 0.6) is 0 Å². The van der Waals surface area contributed by atoms with Crippen LogP contribution in [-0.4, -0.2) is 54.9 Å². The minimum Gasteiger partial charge on any atom is -0.376 e. The number of nitrogens with zero attached hydrogens (tertiary/aromatic N) is 1. The first-order valence-electron chi connectivity index (χ1n) is 7.99. The Bertz CT molecular complexity index is 343. The molecule has 2 saturated heterocycles. The zero-order valence-corrected chi connectivity index (χ0v) is 12.2. The maximum Gasteiger partial charge on any atom is 0.242 e.